The molecule has 1 aliphatic heterocycles. The molecule has 0 amide bonds. The van der Waals surface area contributed by atoms with Gasteiger partial charge in [-0.15, -0.1) is 23.5 Å². The van der Waals surface area contributed by atoms with E-state index in [1.807, 2.05) is 0 Å². The predicted octanol–water partition coefficient (Wildman–Crippen LogP) is 4.91. The van der Waals surface area contributed by atoms with Gasteiger partial charge in [-0.1, -0.05) is 86.3 Å². The van der Waals surface area contributed by atoms with Crippen molar-refractivity contribution < 1.29 is 0 Å². The second-order valence-electron chi connectivity index (χ2n) is 6.42. The molecule has 0 aromatic heterocycles. The molecule has 3 rings (SSSR count). The maximum absolute atomic E-state index is 6.40. The average molecular weight is 365 g/mol. The summed E-state index contributed by atoms with van der Waals surface area (Å²) in [6.45, 7) is 4.72. The zero-order valence-corrected chi connectivity index (χ0v) is 16.3. The van der Waals surface area contributed by atoms with Gasteiger partial charge in [0, 0.05) is 17.5 Å². The maximum Gasteiger partial charge on any atom is 0.0865 e. The summed E-state index contributed by atoms with van der Waals surface area (Å²) in [5.74, 6) is 2.39. The smallest absolute Gasteiger partial charge is 0.0865 e. The van der Waals surface area contributed by atoms with Crippen molar-refractivity contribution in [3.05, 3.63) is 60.7 Å². The van der Waals surface area contributed by atoms with Crippen molar-refractivity contribution in [3.8, 4) is 0 Å². The number of hydrogen-bond donors (Lipinski definition) is 0. The van der Waals surface area contributed by atoms with Gasteiger partial charge in [-0.05, 0) is 16.0 Å². The van der Waals surface area contributed by atoms with Crippen LogP contribution in [0.25, 0.3) is 0 Å². The molecular formula is C18H21PS3. The van der Waals surface area contributed by atoms with Crippen LogP contribution < -0.4 is 10.6 Å². The predicted molar refractivity (Wildman–Crippen MR) is 109 cm³/mol. The largest absolute Gasteiger partial charge is 0.141 e. The van der Waals surface area contributed by atoms with Crippen LogP contribution in [0.3, 0.4) is 0 Å². The summed E-state index contributed by atoms with van der Waals surface area (Å²) in [4.78, 5) is 0. The lowest BCUT2D eigenvalue weighted by atomic mass is 10.0. The van der Waals surface area contributed by atoms with Crippen molar-refractivity contribution in [3.63, 3.8) is 0 Å². The molecule has 4 heteroatoms. The van der Waals surface area contributed by atoms with Gasteiger partial charge in [-0.2, -0.15) is 0 Å². The molecule has 1 heterocycles. The first-order chi connectivity index (χ1) is 10.5. The second kappa shape index (κ2) is 6.73. The topological polar surface area (TPSA) is 0 Å². The van der Waals surface area contributed by atoms with E-state index in [0.717, 1.165) is 0 Å². The lowest BCUT2D eigenvalue weighted by molar-refractivity contribution is 0.490. The Balaban J connectivity index is 2.03. The molecule has 0 spiro atoms. The molecule has 1 fully saturated rings. The van der Waals surface area contributed by atoms with Crippen molar-refractivity contribution >= 4 is 52.0 Å². The van der Waals surface area contributed by atoms with Gasteiger partial charge in [0.15, 0.2) is 0 Å². The average Bonchev–Trinajstić information content (AvgIpc) is 2.56. The molecule has 2 aromatic rings. The Kier molecular flexibility index (Phi) is 5.09. The zero-order valence-electron chi connectivity index (χ0n) is 12.9. The van der Waals surface area contributed by atoms with E-state index in [1.165, 1.54) is 22.1 Å². The summed E-state index contributed by atoms with van der Waals surface area (Å²) in [5.41, 5.74) is 0.416. The van der Waals surface area contributed by atoms with Crippen LogP contribution in [-0.4, -0.2) is 15.8 Å². The minimum atomic E-state index is -1.80. The molecule has 22 heavy (non-hydrogen) atoms. The van der Waals surface area contributed by atoms with Crippen LogP contribution in [0.2, 0.25) is 0 Å². The van der Waals surface area contributed by atoms with Gasteiger partial charge in [0.2, 0.25) is 0 Å². The van der Waals surface area contributed by atoms with E-state index >= 15 is 0 Å². The number of thioether (sulfide) groups is 2. The Labute approximate surface area is 147 Å². The van der Waals surface area contributed by atoms with Crippen molar-refractivity contribution in [1.29, 1.82) is 0 Å². The van der Waals surface area contributed by atoms with E-state index in [4.69, 9.17) is 11.8 Å². The fourth-order valence-electron chi connectivity index (χ4n) is 2.58. The van der Waals surface area contributed by atoms with Crippen LogP contribution >= 0.6 is 29.6 Å². The van der Waals surface area contributed by atoms with Gasteiger partial charge in [0.1, 0.15) is 0 Å². The van der Waals surface area contributed by atoms with Crippen molar-refractivity contribution in [1.82, 2.24) is 0 Å². The Morgan fingerprint density at radius 3 is 1.68 bits per heavy atom. The number of hydrogen-bond acceptors (Lipinski definition) is 3. The fraction of sp³-hybridized carbons (Fsp3) is 0.333. The zero-order chi connectivity index (χ0) is 15.6. The van der Waals surface area contributed by atoms with Gasteiger partial charge < -0.3 is 0 Å². The Hall–Kier alpha value is -0.210. The van der Waals surface area contributed by atoms with E-state index < -0.39 is 6.04 Å². The molecule has 0 nitrogen and oxygen atoms in total. The van der Waals surface area contributed by atoms with Crippen LogP contribution in [0.15, 0.2) is 60.7 Å². The second-order valence-corrected chi connectivity index (χ2v) is 14.2. The minimum Gasteiger partial charge on any atom is -0.141 e. The van der Waals surface area contributed by atoms with Gasteiger partial charge in [-0.3, -0.25) is 0 Å². The van der Waals surface area contributed by atoms with Gasteiger partial charge in [0.05, 0.1) is 4.32 Å². The first-order valence-electron chi connectivity index (χ1n) is 7.47. The monoisotopic (exact) mass is 364 g/mol. The molecule has 1 aliphatic rings. The number of rotatable bonds is 3. The SMILES string of the molecule is CC1(C)CSC(P(=S)(c2ccccc2)c2ccccc2)SC1. The molecule has 0 N–H and O–H groups in total. The van der Waals surface area contributed by atoms with E-state index in [2.05, 4.69) is 98.0 Å². The van der Waals surface area contributed by atoms with Crippen LogP contribution in [0.5, 0.6) is 0 Å². The molecule has 0 atom stereocenters. The summed E-state index contributed by atoms with van der Waals surface area (Å²) in [5, 5.41) is 2.70. The van der Waals surface area contributed by atoms with E-state index in [1.54, 1.807) is 0 Å². The molecule has 116 valence electrons. The molecule has 0 aliphatic carbocycles. The number of benzene rings is 2. The fourth-order valence-corrected chi connectivity index (χ4v) is 12.3. The van der Waals surface area contributed by atoms with Crippen molar-refractivity contribution in [2.75, 3.05) is 11.5 Å². The standard InChI is InChI=1S/C18H21PS3/c1-18(2)13-21-17(22-14-18)19(20,15-9-5-3-6-10-15)16-11-7-4-8-12-16/h3-12,17H,13-14H2,1-2H3. The third-order valence-corrected chi connectivity index (χ3v) is 15.3. The first kappa shape index (κ1) is 16.6. The lowest BCUT2D eigenvalue weighted by Crippen LogP contribution is -2.30. The van der Waals surface area contributed by atoms with Crippen LogP contribution in [0, 0.1) is 5.41 Å². The summed E-state index contributed by atoms with van der Waals surface area (Å²) < 4.78 is 0.486. The highest BCUT2D eigenvalue weighted by Crippen LogP contribution is 2.61. The summed E-state index contributed by atoms with van der Waals surface area (Å²) in [7, 11) is 0. The quantitative estimate of drug-likeness (QED) is 0.711. The molecule has 0 saturated carbocycles. The highest BCUT2D eigenvalue weighted by Gasteiger charge is 2.38. The first-order valence-corrected chi connectivity index (χ1v) is 12.4. The molecule has 0 radical (unpaired) electrons. The van der Waals surface area contributed by atoms with Gasteiger partial charge in [-0.25, -0.2) is 0 Å². The summed E-state index contributed by atoms with van der Waals surface area (Å²) >= 11 is 10.5. The van der Waals surface area contributed by atoms with Crippen molar-refractivity contribution in [2.45, 2.75) is 18.2 Å². The van der Waals surface area contributed by atoms with Crippen LogP contribution in [0.4, 0.5) is 0 Å². The maximum atomic E-state index is 6.40. The van der Waals surface area contributed by atoms with Crippen LogP contribution in [0.1, 0.15) is 13.8 Å². The molecule has 2 aromatic carbocycles. The highest BCUT2D eigenvalue weighted by atomic mass is 32.5. The minimum absolute atomic E-state index is 0.416. The van der Waals surface area contributed by atoms with Gasteiger partial charge >= 0.3 is 0 Å². The lowest BCUT2D eigenvalue weighted by Gasteiger charge is -2.39. The Bertz CT molecular complexity index is 614. The third-order valence-electron chi connectivity index (χ3n) is 3.81. The summed E-state index contributed by atoms with van der Waals surface area (Å²) in [6, 6.07) is 19.8. The Morgan fingerprint density at radius 2 is 1.27 bits per heavy atom. The van der Waals surface area contributed by atoms with E-state index in [-0.39, 0.29) is 0 Å². The van der Waals surface area contributed by atoms with E-state index in [0.29, 0.717) is 9.74 Å². The Morgan fingerprint density at radius 1 is 0.864 bits per heavy atom. The third kappa shape index (κ3) is 3.33. The molecule has 0 unspecified atom stereocenters. The molecule has 0 bridgehead atoms. The normalized spacial score (nSPS) is 19.0. The summed E-state index contributed by atoms with van der Waals surface area (Å²) in [6.07, 6.45) is 0. The van der Waals surface area contributed by atoms with E-state index in [9.17, 15) is 0 Å². The molecular weight excluding hydrogens is 343 g/mol. The van der Waals surface area contributed by atoms with Crippen LogP contribution in [-0.2, 0) is 11.8 Å². The van der Waals surface area contributed by atoms with Crippen molar-refractivity contribution in [2.24, 2.45) is 5.41 Å². The highest BCUT2D eigenvalue weighted by molar-refractivity contribution is 8.37. The van der Waals surface area contributed by atoms with Gasteiger partial charge in [0.25, 0.3) is 0 Å². The molecule has 1 saturated heterocycles.